The van der Waals surface area contributed by atoms with E-state index in [1.165, 1.54) is 0 Å². The molecule has 1 aliphatic rings. The number of aryl methyl sites for hydroxylation is 1. The van der Waals surface area contributed by atoms with Gasteiger partial charge in [0.05, 0.1) is 32.7 Å². The van der Waals surface area contributed by atoms with Crippen LogP contribution in [-0.2, 0) is 9.53 Å². The van der Waals surface area contributed by atoms with Gasteiger partial charge in [-0.05, 0) is 57.0 Å². The molecule has 1 saturated heterocycles. The number of ether oxygens (including phenoxy) is 3. The average Bonchev–Trinajstić information content (AvgIpc) is 3.22. The zero-order chi connectivity index (χ0) is 23.7. The van der Waals surface area contributed by atoms with E-state index in [0.29, 0.717) is 18.8 Å². The fraction of sp³-hybridized carbons (Fsp3) is 0.370. The largest absolute Gasteiger partial charge is 0.497 e. The molecule has 1 fully saturated rings. The molecule has 2 unspecified atom stereocenters. The predicted molar refractivity (Wildman–Crippen MR) is 130 cm³/mol. The molecule has 1 amide bonds. The number of amides is 1. The number of allylic oxidation sites excluding steroid dienone is 1. The summed E-state index contributed by atoms with van der Waals surface area (Å²) in [5.74, 6) is 1.47. The maximum Gasteiger partial charge on any atom is 0.247 e. The molecule has 2 aromatic carbocycles. The number of carbonyl (C=O) groups excluding carboxylic acids is 1. The quantitative estimate of drug-likeness (QED) is 0.484. The molecular weight excluding hydrogens is 418 g/mol. The molecule has 2 atom stereocenters. The van der Waals surface area contributed by atoms with Crippen molar-refractivity contribution in [1.29, 1.82) is 0 Å². The van der Waals surface area contributed by atoms with Crippen molar-refractivity contribution in [2.24, 2.45) is 0 Å². The van der Waals surface area contributed by atoms with Crippen LogP contribution in [0.3, 0.4) is 0 Å². The van der Waals surface area contributed by atoms with E-state index >= 15 is 0 Å². The van der Waals surface area contributed by atoms with E-state index in [1.54, 1.807) is 26.6 Å². The van der Waals surface area contributed by atoms with Crippen LogP contribution in [0, 0.1) is 6.92 Å². The minimum Gasteiger partial charge on any atom is -0.497 e. The molecule has 0 radical (unpaired) electrons. The summed E-state index contributed by atoms with van der Waals surface area (Å²) in [5, 5.41) is 0.963. The first-order chi connectivity index (χ1) is 15.8. The van der Waals surface area contributed by atoms with Crippen LogP contribution in [0.1, 0.15) is 31.9 Å². The molecule has 0 saturated carbocycles. The van der Waals surface area contributed by atoms with Crippen molar-refractivity contribution in [3.05, 3.63) is 53.8 Å². The van der Waals surface area contributed by atoms with Crippen molar-refractivity contribution >= 4 is 22.4 Å². The Balaban J connectivity index is 1.78. The summed E-state index contributed by atoms with van der Waals surface area (Å²) < 4.78 is 22.9. The lowest BCUT2D eigenvalue weighted by Crippen LogP contribution is -2.47. The Bertz CT molecular complexity index is 1200. The number of benzene rings is 2. The molecule has 4 rings (SSSR count). The van der Waals surface area contributed by atoms with Gasteiger partial charge in [-0.1, -0.05) is 12.1 Å². The number of fused-ring (bicyclic) bond motifs is 1. The lowest BCUT2D eigenvalue weighted by molar-refractivity contribution is -0.137. The molecule has 0 spiro atoms. The lowest BCUT2D eigenvalue weighted by Gasteiger charge is -2.34. The van der Waals surface area contributed by atoms with Gasteiger partial charge in [0, 0.05) is 41.2 Å². The van der Waals surface area contributed by atoms with E-state index in [-0.39, 0.29) is 18.1 Å². The van der Waals surface area contributed by atoms with Gasteiger partial charge in [-0.25, -0.2) is 0 Å². The van der Waals surface area contributed by atoms with Gasteiger partial charge in [-0.2, -0.15) is 0 Å². The first kappa shape index (κ1) is 22.9. The second-order valence-corrected chi connectivity index (χ2v) is 8.67. The number of carbonyl (C=O) groups is 1. The summed E-state index contributed by atoms with van der Waals surface area (Å²) in [5.41, 5.74) is 5.34. The average molecular weight is 450 g/mol. The van der Waals surface area contributed by atoms with Gasteiger partial charge in [0.25, 0.3) is 0 Å². The Morgan fingerprint density at radius 2 is 1.85 bits per heavy atom. The summed E-state index contributed by atoms with van der Waals surface area (Å²) in [7, 11) is 3.30. The number of methoxy groups -OCH3 is 2. The van der Waals surface area contributed by atoms with Crippen LogP contribution in [0.15, 0.2) is 47.1 Å². The van der Waals surface area contributed by atoms with Gasteiger partial charge in [-0.15, -0.1) is 0 Å². The number of hydrogen-bond acceptors (Lipinski definition) is 5. The molecule has 0 bridgehead atoms. The minimum absolute atomic E-state index is 0.0190. The molecule has 6 heteroatoms. The van der Waals surface area contributed by atoms with Gasteiger partial charge in [0.1, 0.15) is 17.1 Å². The van der Waals surface area contributed by atoms with Crippen molar-refractivity contribution in [2.45, 2.75) is 39.9 Å². The summed E-state index contributed by atoms with van der Waals surface area (Å²) in [4.78, 5) is 14.9. The second kappa shape index (κ2) is 9.32. The smallest absolute Gasteiger partial charge is 0.247 e. The van der Waals surface area contributed by atoms with E-state index < -0.39 is 0 Å². The maximum absolute atomic E-state index is 13.1. The number of morpholine rings is 1. The molecule has 174 valence electrons. The monoisotopic (exact) mass is 449 g/mol. The first-order valence-corrected chi connectivity index (χ1v) is 11.2. The van der Waals surface area contributed by atoms with Gasteiger partial charge in [0.15, 0.2) is 0 Å². The highest BCUT2D eigenvalue weighted by atomic mass is 16.5. The molecule has 1 aliphatic heterocycles. The van der Waals surface area contributed by atoms with Crippen LogP contribution in [0.5, 0.6) is 11.5 Å². The van der Waals surface area contributed by atoms with Crippen molar-refractivity contribution in [3.63, 3.8) is 0 Å². The van der Waals surface area contributed by atoms with E-state index in [2.05, 4.69) is 0 Å². The van der Waals surface area contributed by atoms with Crippen molar-refractivity contribution in [2.75, 3.05) is 27.3 Å². The van der Waals surface area contributed by atoms with Crippen LogP contribution in [-0.4, -0.2) is 50.3 Å². The third-order valence-electron chi connectivity index (χ3n) is 6.12. The first-order valence-electron chi connectivity index (χ1n) is 11.2. The number of rotatable bonds is 5. The highest BCUT2D eigenvalue weighted by molar-refractivity contribution is 6.01. The number of furan rings is 1. The van der Waals surface area contributed by atoms with Crippen LogP contribution in [0.25, 0.3) is 27.7 Å². The van der Waals surface area contributed by atoms with E-state index in [0.717, 1.165) is 44.5 Å². The molecule has 6 nitrogen and oxygen atoms in total. The van der Waals surface area contributed by atoms with Crippen LogP contribution < -0.4 is 9.47 Å². The standard InChI is InChI=1S/C27H31NO5/c1-16(10-25(29)28-13-17(2)33-18(3)14-28)22-12-23-24(20-8-7-9-21(11-20)30-5)15-32-27(23)19(4)26(22)31-6/h7-12,15,17-18H,13-14H2,1-6H3/b16-10+. The normalized spacial score (nSPS) is 19.1. The van der Waals surface area contributed by atoms with Crippen LogP contribution in [0.4, 0.5) is 0 Å². The third-order valence-corrected chi connectivity index (χ3v) is 6.12. The summed E-state index contributed by atoms with van der Waals surface area (Å²) in [6.45, 7) is 9.08. The summed E-state index contributed by atoms with van der Waals surface area (Å²) >= 11 is 0. The van der Waals surface area contributed by atoms with Gasteiger partial charge >= 0.3 is 0 Å². The van der Waals surface area contributed by atoms with E-state index in [1.807, 2.05) is 62.9 Å². The molecule has 3 aromatic rings. The predicted octanol–water partition coefficient (Wildman–Crippen LogP) is 5.46. The lowest BCUT2D eigenvalue weighted by atomic mass is 9.96. The fourth-order valence-corrected chi connectivity index (χ4v) is 4.60. The molecule has 2 heterocycles. The zero-order valence-electron chi connectivity index (χ0n) is 20.1. The van der Waals surface area contributed by atoms with Crippen LogP contribution >= 0.6 is 0 Å². The Hall–Kier alpha value is -3.25. The van der Waals surface area contributed by atoms with Crippen molar-refractivity contribution in [3.8, 4) is 22.6 Å². The molecule has 0 N–H and O–H groups in total. The van der Waals surface area contributed by atoms with Crippen molar-refractivity contribution in [1.82, 2.24) is 4.90 Å². The van der Waals surface area contributed by atoms with E-state index in [4.69, 9.17) is 18.6 Å². The Kier molecular flexibility index (Phi) is 6.47. The number of nitrogens with zero attached hydrogens (tertiary/aromatic N) is 1. The minimum atomic E-state index is -0.0190. The Morgan fingerprint density at radius 3 is 2.52 bits per heavy atom. The topological polar surface area (TPSA) is 61.1 Å². The molecule has 0 aliphatic carbocycles. The highest BCUT2D eigenvalue weighted by Gasteiger charge is 2.25. The highest BCUT2D eigenvalue weighted by Crippen LogP contribution is 2.41. The van der Waals surface area contributed by atoms with Crippen LogP contribution in [0.2, 0.25) is 0 Å². The second-order valence-electron chi connectivity index (χ2n) is 8.67. The SMILES string of the molecule is COc1cccc(-c2coc3c(C)c(OC)c(/C(C)=C/C(=O)N4CC(C)OC(C)C4)cc23)c1. The van der Waals surface area contributed by atoms with Gasteiger partial charge in [-0.3, -0.25) is 4.79 Å². The molecule has 33 heavy (non-hydrogen) atoms. The van der Waals surface area contributed by atoms with E-state index in [9.17, 15) is 4.79 Å². The zero-order valence-corrected chi connectivity index (χ0v) is 20.1. The molecule has 1 aromatic heterocycles. The summed E-state index contributed by atoms with van der Waals surface area (Å²) in [6, 6.07) is 9.93. The van der Waals surface area contributed by atoms with Gasteiger partial charge in [0.2, 0.25) is 5.91 Å². The maximum atomic E-state index is 13.1. The third kappa shape index (κ3) is 4.48. The van der Waals surface area contributed by atoms with Crippen molar-refractivity contribution < 1.29 is 23.4 Å². The molecular formula is C27H31NO5. The summed E-state index contributed by atoms with van der Waals surface area (Å²) in [6.07, 6.45) is 3.50. The number of hydrogen-bond donors (Lipinski definition) is 0. The fourth-order valence-electron chi connectivity index (χ4n) is 4.60. The Morgan fingerprint density at radius 1 is 1.12 bits per heavy atom. The Labute approximate surface area is 194 Å². The van der Waals surface area contributed by atoms with Gasteiger partial charge < -0.3 is 23.5 Å².